The van der Waals surface area contributed by atoms with Crippen LogP contribution in [0.1, 0.15) is 117 Å². The van der Waals surface area contributed by atoms with Gasteiger partial charge in [0.05, 0.1) is 6.42 Å². The highest BCUT2D eigenvalue weighted by Gasteiger charge is 2.60. The number of hydrogen-bond acceptors (Lipinski definition) is 8. The number of carbonyl (C=O) groups excluding carboxylic acids is 3. The summed E-state index contributed by atoms with van der Waals surface area (Å²) >= 11 is 0. The van der Waals surface area contributed by atoms with Crippen LogP contribution in [-0.2, 0) is 33.2 Å². The van der Waals surface area contributed by atoms with Crippen molar-refractivity contribution >= 4 is 31.6 Å². The quantitative estimate of drug-likeness (QED) is 0.0764. The number of fused-ring (bicyclic) bond motifs is 5. The highest BCUT2D eigenvalue weighted by molar-refractivity contribution is 7.58. The van der Waals surface area contributed by atoms with Gasteiger partial charge >= 0.3 is 17.9 Å². The van der Waals surface area contributed by atoms with Crippen LogP contribution in [0.4, 0.5) is 0 Å². The highest BCUT2D eigenvalue weighted by atomic mass is 31.2. The summed E-state index contributed by atoms with van der Waals surface area (Å²) in [5, 5.41) is 15.7. The third kappa shape index (κ3) is 9.43. The second-order valence-electron chi connectivity index (χ2n) is 15.1. The van der Waals surface area contributed by atoms with Gasteiger partial charge in [-0.1, -0.05) is 33.6 Å². The van der Waals surface area contributed by atoms with Gasteiger partial charge in [0.1, 0.15) is 6.29 Å². The van der Waals surface area contributed by atoms with E-state index in [2.05, 4.69) is 20.8 Å². The van der Waals surface area contributed by atoms with Gasteiger partial charge in [0.15, 0.2) is 0 Å². The number of carbonyl (C=O) groups is 4. The van der Waals surface area contributed by atoms with E-state index in [-0.39, 0.29) is 31.8 Å². The Morgan fingerprint density at radius 2 is 1.54 bits per heavy atom. The van der Waals surface area contributed by atoms with E-state index in [1.54, 1.807) is 0 Å². The lowest BCUT2D eigenvalue weighted by molar-refractivity contribution is -0.167. The maximum absolute atomic E-state index is 12.5. The Hall–Kier alpha value is -1.77. The van der Waals surface area contributed by atoms with Crippen LogP contribution < -0.4 is 0 Å². The van der Waals surface area contributed by atoms with E-state index in [9.17, 15) is 28.6 Å². The van der Waals surface area contributed by atoms with Crippen LogP contribution in [0.15, 0.2) is 0 Å². The lowest BCUT2D eigenvalue weighted by Gasteiger charge is -2.61. The van der Waals surface area contributed by atoms with Crippen molar-refractivity contribution in [1.29, 1.82) is 0 Å². The molecule has 4 aliphatic rings. The van der Waals surface area contributed by atoms with E-state index in [1.165, 1.54) is 64.2 Å². The molecule has 264 valence electrons. The zero-order valence-electron chi connectivity index (χ0n) is 28.5. The second kappa shape index (κ2) is 17.1. The molecule has 0 aliphatic heterocycles. The zero-order valence-corrected chi connectivity index (χ0v) is 29.4. The first kappa shape index (κ1) is 38.7. The third-order valence-corrected chi connectivity index (χ3v) is 14.7. The van der Waals surface area contributed by atoms with Gasteiger partial charge in [-0.05, 0) is 111 Å². The molecule has 11 heteroatoms. The molecule has 0 saturated heterocycles. The molecule has 0 heterocycles. The minimum absolute atomic E-state index is 0.0379. The molecule has 0 aromatic rings. The molecule has 9 unspecified atom stereocenters. The second-order valence-corrected chi connectivity index (χ2v) is 17.6. The molecule has 4 aliphatic carbocycles. The number of ether oxygens (including phenoxy) is 2. The summed E-state index contributed by atoms with van der Waals surface area (Å²) in [7, 11) is -2.83. The van der Waals surface area contributed by atoms with Crippen LogP contribution >= 0.6 is 7.37 Å². The molecule has 46 heavy (non-hydrogen) atoms. The SMILES string of the molecule is CO.C[C@H](CCC(=O)OCOC(=O)CCP(=O)(O)CC(C=O)CCC(=O)O)C1CCC2C3CCC4CCCCC4(C)C3CCC21C. The fourth-order valence-electron chi connectivity index (χ4n) is 10.4. The van der Waals surface area contributed by atoms with Gasteiger partial charge in [0, 0.05) is 38.2 Å². The Labute approximate surface area is 275 Å². The van der Waals surface area contributed by atoms with Gasteiger partial charge in [-0.3, -0.25) is 18.9 Å². The van der Waals surface area contributed by atoms with Crippen molar-refractivity contribution in [3.05, 3.63) is 0 Å². The van der Waals surface area contributed by atoms with Gasteiger partial charge in [0.25, 0.3) is 0 Å². The molecule has 0 aromatic carbocycles. The van der Waals surface area contributed by atoms with Crippen LogP contribution in [0.2, 0.25) is 0 Å². The summed E-state index contributed by atoms with van der Waals surface area (Å²) in [6, 6.07) is 0. The van der Waals surface area contributed by atoms with Gasteiger partial charge in [-0.25, -0.2) is 0 Å². The van der Waals surface area contributed by atoms with Crippen LogP contribution in [0.5, 0.6) is 0 Å². The van der Waals surface area contributed by atoms with Crippen LogP contribution in [0, 0.1) is 52.3 Å². The van der Waals surface area contributed by atoms with Crippen LogP contribution in [0.25, 0.3) is 0 Å². The average molecular weight is 671 g/mol. The standard InChI is InChI=1S/C34H55O9P.CH4O/c1-23(7-14-31(38)42-22-43-32(39)16-19-44(40,41)21-24(20-35)8-13-30(36)37)27-11-12-28-26-10-9-25-6-4-5-17-33(25,2)29(26)15-18-34(27,28)3;1-2/h20,23-29H,4-19,21-22H2,1-3H3,(H,36,37)(H,40,41);2H,1H3/t23-,24?,25?,26?,27?,28?,29?,33?,34?;/m1./s1. The highest BCUT2D eigenvalue weighted by Crippen LogP contribution is 2.68. The topological polar surface area (TPSA) is 164 Å². The number of aliphatic carboxylic acids is 1. The molecule has 0 spiro atoms. The molecule has 0 amide bonds. The van der Waals surface area contributed by atoms with Crippen molar-refractivity contribution < 1.29 is 48.3 Å². The third-order valence-electron chi connectivity index (χ3n) is 12.7. The molecule has 0 bridgehead atoms. The Kier molecular flexibility index (Phi) is 14.3. The van der Waals surface area contributed by atoms with Crippen molar-refractivity contribution in [2.75, 3.05) is 26.2 Å². The van der Waals surface area contributed by atoms with E-state index >= 15 is 0 Å². The average Bonchev–Trinajstić information content (AvgIpc) is 3.39. The lowest BCUT2D eigenvalue weighted by Crippen LogP contribution is -2.53. The van der Waals surface area contributed by atoms with E-state index < -0.39 is 44.1 Å². The molecule has 3 N–H and O–H groups in total. The van der Waals surface area contributed by atoms with E-state index in [1.807, 2.05) is 0 Å². The van der Waals surface area contributed by atoms with E-state index in [0.29, 0.717) is 29.0 Å². The van der Waals surface area contributed by atoms with Crippen LogP contribution in [0.3, 0.4) is 0 Å². The van der Waals surface area contributed by atoms with Gasteiger partial charge in [-0.2, -0.15) is 0 Å². The summed E-state index contributed by atoms with van der Waals surface area (Å²) in [6.45, 7) is 6.90. The van der Waals surface area contributed by atoms with E-state index in [4.69, 9.17) is 19.7 Å². The summed E-state index contributed by atoms with van der Waals surface area (Å²) < 4.78 is 22.5. The summed E-state index contributed by atoms with van der Waals surface area (Å²) in [4.78, 5) is 56.5. The number of carboxylic acid groups (broad SMARTS) is 1. The molecule has 0 aromatic heterocycles. The lowest BCUT2D eigenvalue weighted by atomic mass is 9.44. The Morgan fingerprint density at radius 3 is 2.22 bits per heavy atom. The number of aliphatic hydroxyl groups is 1. The number of carboxylic acids is 1. The smallest absolute Gasteiger partial charge is 0.309 e. The van der Waals surface area contributed by atoms with Gasteiger partial charge in [-0.15, -0.1) is 0 Å². The first-order chi connectivity index (χ1) is 21.8. The van der Waals surface area contributed by atoms with E-state index in [0.717, 1.165) is 37.2 Å². The number of rotatable bonds is 15. The van der Waals surface area contributed by atoms with Crippen molar-refractivity contribution in [3.63, 3.8) is 0 Å². The minimum atomic E-state index is -3.83. The molecule has 10 atom stereocenters. The monoisotopic (exact) mass is 670 g/mol. The Balaban J connectivity index is 0.00000282. The predicted octanol–water partition coefficient (Wildman–Crippen LogP) is 6.44. The normalized spacial score (nSPS) is 34.2. The maximum Gasteiger partial charge on any atom is 0.309 e. The number of aliphatic hydroxyl groups excluding tert-OH is 1. The molecular weight excluding hydrogens is 611 g/mol. The summed E-state index contributed by atoms with van der Waals surface area (Å²) in [5.41, 5.74) is 0.881. The molecule has 10 nitrogen and oxygen atoms in total. The molecule has 4 saturated carbocycles. The maximum atomic E-state index is 12.5. The molecular formula is C35H59O10P. The fraction of sp³-hybridized carbons (Fsp3) is 0.886. The predicted molar refractivity (Wildman–Crippen MR) is 174 cm³/mol. The largest absolute Gasteiger partial charge is 0.481 e. The van der Waals surface area contributed by atoms with Gasteiger partial charge in [0.2, 0.25) is 14.2 Å². The Bertz CT molecular complexity index is 1100. The summed E-state index contributed by atoms with van der Waals surface area (Å²) in [6.07, 6.45) is 13.7. The number of esters is 2. The van der Waals surface area contributed by atoms with Crippen molar-refractivity contribution in [1.82, 2.24) is 0 Å². The molecule has 4 fully saturated rings. The fourth-order valence-corrected chi connectivity index (χ4v) is 12.1. The van der Waals surface area contributed by atoms with Gasteiger partial charge < -0.3 is 29.4 Å². The number of aldehydes is 1. The van der Waals surface area contributed by atoms with Crippen molar-refractivity contribution in [2.45, 2.75) is 117 Å². The molecule has 4 rings (SSSR count). The first-order valence-corrected chi connectivity index (χ1v) is 19.6. The number of hydrogen-bond donors (Lipinski definition) is 3. The Morgan fingerprint density at radius 1 is 0.870 bits per heavy atom. The van der Waals surface area contributed by atoms with Crippen molar-refractivity contribution in [2.24, 2.45) is 52.3 Å². The zero-order chi connectivity index (χ0) is 34.1. The van der Waals surface area contributed by atoms with Crippen LogP contribution in [-0.4, -0.2) is 65.5 Å². The summed E-state index contributed by atoms with van der Waals surface area (Å²) in [5.74, 6) is 1.32. The molecule has 0 radical (unpaired) electrons. The first-order valence-electron chi connectivity index (χ1n) is 17.5. The minimum Gasteiger partial charge on any atom is -0.481 e. The van der Waals surface area contributed by atoms with Crippen molar-refractivity contribution in [3.8, 4) is 0 Å².